The molecule has 4 aromatic rings. The average Bonchev–Trinajstić information content (AvgIpc) is 3.86. The lowest BCUT2D eigenvalue weighted by atomic mass is 9.93. The number of aliphatic hydroxyl groups excluding tert-OH is 1. The topological polar surface area (TPSA) is 187 Å². The van der Waals surface area contributed by atoms with Gasteiger partial charge in [-0.15, -0.1) is 11.3 Å². The number of carbonyl (C=O) groups excluding carboxylic acids is 2. The van der Waals surface area contributed by atoms with Crippen molar-refractivity contribution in [3.63, 3.8) is 0 Å². The van der Waals surface area contributed by atoms with Gasteiger partial charge in [0.15, 0.2) is 12.2 Å². The molecule has 1 fully saturated rings. The van der Waals surface area contributed by atoms with Gasteiger partial charge in [0.25, 0.3) is 18.3 Å². The second-order valence-corrected chi connectivity index (χ2v) is 13.3. The molecule has 13 nitrogen and oxygen atoms in total. The molecule has 0 bridgehead atoms. The van der Waals surface area contributed by atoms with Gasteiger partial charge in [0, 0.05) is 25.7 Å². The number of rotatable bonds is 10. The number of hydrogen-bond donors (Lipinski definition) is 4. The molecule has 4 heterocycles. The molecule has 2 atom stereocenters. The summed E-state index contributed by atoms with van der Waals surface area (Å²) in [4.78, 5) is 47.1. The van der Waals surface area contributed by atoms with Crippen LogP contribution in [-0.4, -0.2) is 73.2 Å². The van der Waals surface area contributed by atoms with Gasteiger partial charge in [-0.3, -0.25) is 19.7 Å². The van der Waals surface area contributed by atoms with Gasteiger partial charge in [-0.1, -0.05) is 32.9 Å². The molecular weight excluding hydrogens is 622 g/mol. The highest BCUT2D eigenvalue weighted by molar-refractivity contribution is 7.17. The lowest BCUT2D eigenvalue weighted by molar-refractivity contribution is -0.127. The fourth-order valence-corrected chi connectivity index (χ4v) is 6.10. The predicted octanol–water partition coefficient (Wildman–Crippen LogP) is 4.66. The SMILES string of the molecule is C[C@H](CO)NCc1ccc2c(c1)nc(NC(=O)c1ccc(-c3cnco3)s1)n2C[C@H]1CCCN1C(=O)/C(C#N)=C/C(C)(C)C.O=CO. The second-order valence-electron chi connectivity index (χ2n) is 12.3. The fourth-order valence-electron chi connectivity index (χ4n) is 5.25. The zero-order valence-electron chi connectivity index (χ0n) is 26.8. The highest BCUT2D eigenvalue weighted by Gasteiger charge is 2.32. The summed E-state index contributed by atoms with van der Waals surface area (Å²) in [6.45, 7) is 9.07. The molecule has 0 unspecified atom stereocenters. The van der Waals surface area contributed by atoms with Crippen molar-refractivity contribution < 1.29 is 29.0 Å². The number of nitrogens with one attached hydrogen (secondary N) is 2. The molecule has 3 aromatic heterocycles. The lowest BCUT2D eigenvalue weighted by Crippen LogP contribution is -2.39. The third-order valence-electron chi connectivity index (χ3n) is 7.43. The number of thiophene rings is 1. The maximum Gasteiger partial charge on any atom is 0.290 e. The molecule has 14 heteroatoms. The number of likely N-dealkylation sites (tertiary alicyclic amines) is 1. The number of anilines is 1. The molecule has 248 valence electrons. The van der Waals surface area contributed by atoms with Crippen molar-refractivity contribution >= 4 is 46.6 Å². The van der Waals surface area contributed by atoms with Gasteiger partial charge in [0.1, 0.15) is 11.6 Å². The third-order valence-corrected chi connectivity index (χ3v) is 8.53. The molecule has 4 N–H and O–H groups in total. The largest absolute Gasteiger partial charge is 0.483 e. The summed E-state index contributed by atoms with van der Waals surface area (Å²) < 4.78 is 7.32. The summed E-state index contributed by atoms with van der Waals surface area (Å²) >= 11 is 1.29. The van der Waals surface area contributed by atoms with E-state index in [1.54, 1.807) is 23.2 Å². The van der Waals surface area contributed by atoms with Crippen LogP contribution >= 0.6 is 11.3 Å². The van der Waals surface area contributed by atoms with Crippen LogP contribution in [0.5, 0.6) is 0 Å². The first kappa shape index (κ1) is 35.0. The molecular formula is C33H39N7O6S. The summed E-state index contributed by atoms with van der Waals surface area (Å²) in [6.07, 6.45) is 6.26. The maximum absolute atomic E-state index is 13.5. The molecule has 47 heavy (non-hydrogen) atoms. The van der Waals surface area contributed by atoms with E-state index in [-0.39, 0.29) is 48.0 Å². The second kappa shape index (κ2) is 15.6. The summed E-state index contributed by atoms with van der Waals surface area (Å²) in [5.74, 6) is 0.375. The minimum atomic E-state index is -0.315. The standard InChI is InChI=1S/C32H37N7O4S.CH2O2/c1-20(18-40)35-15-21-7-8-25-24(12-21)36-31(37-29(41)28-10-9-27(44-28)26-16-34-19-43-26)39(25)17-23-6-5-11-38(23)30(42)22(14-33)13-32(2,3)4;2-1-3/h7-10,12-13,16,19-20,23,35,40H,5-6,11,15,17-18H2,1-4H3,(H,36,37,41);1H,(H,2,3)/b22-13+;/t20-,23-;/m1./s1. The van der Waals surface area contributed by atoms with Gasteiger partial charge in [-0.05, 0) is 55.0 Å². The first-order valence-corrected chi connectivity index (χ1v) is 15.9. The summed E-state index contributed by atoms with van der Waals surface area (Å²) in [5.41, 5.74) is 2.33. The van der Waals surface area contributed by atoms with Crippen LogP contribution in [0.4, 0.5) is 5.95 Å². The van der Waals surface area contributed by atoms with Crippen molar-refractivity contribution in [2.24, 2.45) is 5.41 Å². The zero-order chi connectivity index (χ0) is 34.1. The van der Waals surface area contributed by atoms with Gasteiger partial charge in [-0.2, -0.15) is 5.26 Å². The molecule has 0 saturated carbocycles. The van der Waals surface area contributed by atoms with Gasteiger partial charge in [0.05, 0.1) is 39.6 Å². The summed E-state index contributed by atoms with van der Waals surface area (Å²) in [6, 6.07) is 11.3. The van der Waals surface area contributed by atoms with E-state index in [9.17, 15) is 20.0 Å². The van der Waals surface area contributed by atoms with Crippen LogP contribution in [0, 0.1) is 16.7 Å². The number of allylic oxidation sites excluding steroid dienone is 1. The van der Waals surface area contributed by atoms with E-state index in [1.807, 2.05) is 56.5 Å². The van der Waals surface area contributed by atoms with Crippen LogP contribution in [0.1, 0.15) is 55.8 Å². The van der Waals surface area contributed by atoms with E-state index < -0.39 is 0 Å². The van der Waals surface area contributed by atoms with Crippen molar-refractivity contribution in [1.82, 2.24) is 24.8 Å². The van der Waals surface area contributed by atoms with Crippen molar-refractivity contribution in [3.8, 4) is 16.7 Å². The number of fused-ring (bicyclic) bond motifs is 1. The van der Waals surface area contributed by atoms with Crippen molar-refractivity contribution in [1.29, 1.82) is 5.26 Å². The number of imidazole rings is 1. The highest BCUT2D eigenvalue weighted by atomic mass is 32.1. The first-order valence-electron chi connectivity index (χ1n) is 15.1. The van der Waals surface area contributed by atoms with Gasteiger partial charge >= 0.3 is 0 Å². The zero-order valence-corrected chi connectivity index (χ0v) is 27.6. The number of oxazole rings is 1. The Bertz CT molecular complexity index is 1760. The Morgan fingerprint density at radius 3 is 2.70 bits per heavy atom. The lowest BCUT2D eigenvalue weighted by Gasteiger charge is -2.26. The van der Waals surface area contributed by atoms with E-state index in [2.05, 4.69) is 21.7 Å². The van der Waals surface area contributed by atoms with Crippen molar-refractivity contribution in [3.05, 3.63) is 65.0 Å². The number of nitrogens with zero attached hydrogens (tertiary/aromatic N) is 5. The number of carbonyl (C=O) groups is 3. The van der Waals surface area contributed by atoms with E-state index >= 15 is 0 Å². The van der Waals surface area contributed by atoms with Crippen LogP contribution in [-0.2, 0) is 22.7 Å². The number of amides is 2. The van der Waals surface area contributed by atoms with E-state index in [1.165, 1.54) is 17.7 Å². The maximum atomic E-state index is 13.5. The van der Waals surface area contributed by atoms with Crippen LogP contribution < -0.4 is 10.6 Å². The minimum Gasteiger partial charge on any atom is -0.483 e. The quantitative estimate of drug-likeness (QED) is 0.106. The molecule has 1 aromatic carbocycles. The van der Waals surface area contributed by atoms with E-state index in [4.69, 9.17) is 19.3 Å². The molecule has 0 radical (unpaired) electrons. The highest BCUT2D eigenvalue weighted by Crippen LogP contribution is 2.30. The van der Waals surface area contributed by atoms with Gasteiger partial charge in [0.2, 0.25) is 5.95 Å². The van der Waals surface area contributed by atoms with Crippen LogP contribution in [0.25, 0.3) is 21.7 Å². The number of hydrogen-bond acceptors (Lipinski definition) is 10. The first-order chi connectivity index (χ1) is 22.5. The van der Waals surface area contributed by atoms with Crippen LogP contribution in [0.3, 0.4) is 0 Å². The molecule has 1 aliphatic rings. The van der Waals surface area contributed by atoms with Crippen LogP contribution in [0.15, 0.2) is 59.0 Å². The number of benzene rings is 1. The predicted molar refractivity (Wildman–Crippen MR) is 177 cm³/mol. The fraction of sp³-hybridized carbons (Fsp3) is 0.394. The molecule has 1 aliphatic heterocycles. The van der Waals surface area contributed by atoms with E-state index in [0.29, 0.717) is 41.7 Å². The summed E-state index contributed by atoms with van der Waals surface area (Å²) in [7, 11) is 0. The Balaban J connectivity index is 0.00000160. The van der Waals surface area contributed by atoms with Gasteiger partial charge < -0.3 is 29.4 Å². The number of nitriles is 1. The molecule has 0 aliphatic carbocycles. The minimum absolute atomic E-state index is 0.0307. The van der Waals surface area contributed by atoms with Crippen molar-refractivity contribution in [2.45, 2.75) is 65.7 Å². The molecule has 0 spiro atoms. The Kier molecular flexibility index (Phi) is 11.7. The van der Waals surface area contributed by atoms with Crippen LogP contribution in [0.2, 0.25) is 0 Å². The Labute approximate surface area is 276 Å². The monoisotopic (exact) mass is 661 g/mol. The average molecular weight is 662 g/mol. The molecule has 1 saturated heterocycles. The summed E-state index contributed by atoms with van der Waals surface area (Å²) in [5, 5.41) is 32.3. The number of aromatic nitrogens is 3. The molecule has 2 amide bonds. The third kappa shape index (κ3) is 8.91. The number of carboxylic acid groups (broad SMARTS) is 1. The Hall–Kier alpha value is -4.84. The Morgan fingerprint density at radius 2 is 2.04 bits per heavy atom. The van der Waals surface area contributed by atoms with Gasteiger partial charge in [-0.25, -0.2) is 9.97 Å². The Morgan fingerprint density at radius 1 is 1.28 bits per heavy atom. The van der Waals surface area contributed by atoms with E-state index in [0.717, 1.165) is 28.8 Å². The number of aliphatic hydroxyl groups is 1. The smallest absolute Gasteiger partial charge is 0.290 e. The molecule has 5 rings (SSSR count). The van der Waals surface area contributed by atoms with Crippen molar-refractivity contribution in [2.75, 3.05) is 18.5 Å². The normalized spacial score (nSPS) is 15.5.